The number of benzene rings is 1. The first-order valence-electron chi connectivity index (χ1n) is 7.51. The molecule has 0 unspecified atom stereocenters. The van der Waals surface area contributed by atoms with Crippen molar-refractivity contribution in [3.05, 3.63) is 41.1 Å². The van der Waals surface area contributed by atoms with Gasteiger partial charge in [0.15, 0.2) is 0 Å². The van der Waals surface area contributed by atoms with Gasteiger partial charge in [0, 0.05) is 23.0 Å². The fourth-order valence-corrected chi connectivity index (χ4v) is 2.58. The molecule has 6 N–H and O–H groups in total. The van der Waals surface area contributed by atoms with Crippen molar-refractivity contribution in [2.45, 2.75) is 37.8 Å². The summed E-state index contributed by atoms with van der Waals surface area (Å²) in [4.78, 5) is 11.6. The summed E-state index contributed by atoms with van der Waals surface area (Å²) in [6.07, 6.45) is 4.35. The standard InChI is InChI=1S/C16H21ClN4O2/c17-10-1-3-12(4-2-10)21-15(18)14(16(19)23)9-20-11-5-7-13(22)8-6-11/h1-4,9,11,13,20,22H,5-8H2,(H2,18,21)(H2,19,23)/b14-9+/t11-,13+. The summed E-state index contributed by atoms with van der Waals surface area (Å²) < 4.78 is 0. The molecule has 7 heteroatoms. The molecule has 0 radical (unpaired) electrons. The minimum absolute atomic E-state index is 0.0751. The fourth-order valence-electron chi connectivity index (χ4n) is 2.46. The Kier molecular flexibility index (Phi) is 6.01. The number of nitrogens with two attached hydrogens (primary N) is 1. The van der Waals surface area contributed by atoms with E-state index in [0.717, 1.165) is 25.7 Å². The number of rotatable bonds is 5. The average Bonchev–Trinajstić information content (AvgIpc) is 2.51. The highest BCUT2D eigenvalue weighted by Crippen LogP contribution is 2.18. The van der Waals surface area contributed by atoms with Crippen LogP contribution in [-0.4, -0.2) is 29.0 Å². The molecule has 0 saturated heterocycles. The second-order valence-electron chi connectivity index (χ2n) is 5.60. The number of hydrogen-bond acceptors (Lipinski definition) is 4. The van der Waals surface area contributed by atoms with Crippen LogP contribution in [0.4, 0.5) is 5.69 Å². The molecule has 1 amide bonds. The lowest BCUT2D eigenvalue weighted by atomic mass is 9.93. The van der Waals surface area contributed by atoms with Gasteiger partial charge < -0.3 is 21.5 Å². The number of hydrogen-bond donors (Lipinski definition) is 5. The number of carbonyl (C=O) groups is 1. The smallest absolute Gasteiger partial charge is 0.253 e. The lowest BCUT2D eigenvalue weighted by molar-refractivity contribution is -0.114. The van der Waals surface area contributed by atoms with Gasteiger partial charge >= 0.3 is 0 Å². The maximum atomic E-state index is 11.6. The number of halogens is 1. The van der Waals surface area contributed by atoms with Crippen LogP contribution in [0.15, 0.2) is 36.0 Å². The maximum Gasteiger partial charge on any atom is 0.253 e. The van der Waals surface area contributed by atoms with Gasteiger partial charge in [-0.2, -0.15) is 0 Å². The van der Waals surface area contributed by atoms with Crippen LogP contribution in [0.5, 0.6) is 0 Å². The van der Waals surface area contributed by atoms with E-state index >= 15 is 0 Å². The minimum atomic E-state index is -0.681. The van der Waals surface area contributed by atoms with Crippen molar-refractivity contribution < 1.29 is 9.90 Å². The first-order chi connectivity index (χ1) is 11.0. The lowest BCUT2D eigenvalue weighted by Crippen LogP contribution is -2.34. The van der Waals surface area contributed by atoms with E-state index in [2.05, 4.69) is 10.6 Å². The van der Waals surface area contributed by atoms with Crippen LogP contribution in [0.25, 0.3) is 0 Å². The number of carbonyl (C=O) groups excluding carboxylic acids is 1. The highest BCUT2D eigenvalue weighted by molar-refractivity contribution is 6.30. The van der Waals surface area contributed by atoms with Crippen LogP contribution in [0, 0.1) is 5.41 Å². The highest BCUT2D eigenvalue weighted by Gasteiger charge is 2.19. The molecule has 1 aromatic carbocycles. The van der Waals surface area contributed by atoms with Crippen LogP contribution >= 0.6 is 11.6 Å². The van der Waals surface area contributed by atoms with Gasteiger partial charge in [-0.25, -0.2) is 0 Å². The molecule has 1 aliphatic rings. The van der Waals surface area contributed by atoms with Crippen LogP contribution in [-0.2, 0) is 4.79 Å². The number of primary amides is 1. The first kappa shape index (κ1) is 17.3. The first-order valence-corrected chi connectivity index (χ1v) is 7.89. The number of amidine groups is 1. The topological polar surface area (TPSA) is 111 Å². The van der Waals surface area contributed by atoms with Gasteiger partial charge in [-0.3, -0.25) is 10.2 Å². The Morgan fingerprint density at radius 1 is 1.26 bits per heavy atom. The van der Waals surface area contributed by atoms with E-state index in [-0.39, 0.29) is 23.6 Å². The maximum absolute atomic E-state index is 11.6. The van der Waals surface area contributed by atoms with Gasteiger partial charge in [0.25, 0.3) is 5.91 Å². The molecule has 1 fully saturated rings. The van der Waals surface area contributed by atoms with Gasteiger partial charge in [0.05, 0.1) is 11.7 Å². The molecule has 0 aromatic heterocycles. The number of nitrogens with one attached hydrogen (secondary N) is 3. The van der Waals surface area contributed by atoms with Crippen molar-refractivity contribution >= 4 is 29.0 Å². The minimum Gasteiger partial charge on any atom is -0.393 e. The molecule has 0 aliphatic heterocycles. The van der Waals surface area contributed by atoms with E-state index in [1.54, 1.807) is 24.3 Å². The molecule has 23 heavy (non-hydrogen) atoms. The van der Waals surface area contributed by atoms with Crippen LogP contribution < -0.4 is 16.4 Å². The predicted molar refractivity (Wildman–Crippen MR) is 91.5 cm³/mol. The summed E-state index contributed by atoms with van der Waals surface area (Å²) in [6.45, 7) is 0. The Morgan fingerprint density at radius 2 is 1.87 bits per heavy atom. The van der Waals surface area contributed by atoms with E-state index in [1.807, 2.05) is 0 Å². The SMILES string of the molecule is N=C(Nc1ccc(Cl)cc1)/C(=C\N[C@H]1CC[C@@H](O)CC1)C(N)=O. The van der Waals surface area contributed by atoms with E-state index in [9.17, 15) is 9.90 Å². The Hall–Kier alpha value is -2.05. The summed E-state index contributed by atoms with van der Waals surface area (Å²) in [7, 11) is 0. The Labute approximate surface area is 140 Å². The van der Waals surface area contributed by atoms with E-state index in [1.165, 1.54) is 6.20 Å². The summed E-state index contributed by atoms with van der Waals surface area (Å²) in [6, 6.07) is 6.99. The number of anilines is 1. The monoisotopic (exact) mass is 336 g/mol. The van der Waals surface area contributed by atoms with Gasteiger partial charge in [-0.15, -0.1) is 0 Å². The fraction of sp³-hybridized carbons (Fsp3) is 0.375. The molecular formula is C16H21ClN4O2. The average molecular weight is 337 g/mol. The van der Waals surface area contributed by atoms with E-state index in [0.29, 0.717) is 10.7 Å². The molecule has 2 rings (SSSR count). The zero-order valence-electron chi connectivity index (χ0n) is 12.7. The van der Waals surface area contributed by atoms with Gasteiger partial charge in [0.1, 0.15) is 5.84 Å². The number of aliphatic hydroxyl groups is 1. The molecule has 1 aromatic rings. The Bertz CT molecular complexity index is 593. The van der Waals surface area contributed by atoms with Gasteiger partial charge in [-0.05, 0) is 49.9 Å². The largest absolute Gasteiger partial charge is 0.393 e. The van der Waals surface area contributed by atoms with Crippen molar-refractivity contribution in [1.82, 2.24) is 5.32 Å². The summed E-state index contributed by atoms with van der Waals surface area (Å²) in [5.74, 6) is -0.761. The normalized spacial score (nSPS) is 21.6. The van der Waals surface area contributed by atoms with Crippen molar-refractivity contribution in [2.24, 2.45) is 5.73 Å². The molecule has 0 atom stereocenters. The molecule has 124 valence electrons. The van der Waals surface area contributed by atoms with Crippen molar-refractivity contribution in [2.75, 3.05) is 5.32 Å². The molecule has 6 nitrogen and oxygen atoms in total. The zero-order valence-corrected chi connectivity index (χ0v) is 13.4. The summed E-state index contributed by atoms with van der Waals surface area (Å²) in [5.41, 5.74) is 6.08. The van der Waals surface area contributed by atoms with Crippen LogP contribution in [0.1, 0.15) is 25.7 Å². The molecule has 1 aliphatic carbocycles. The predicted octanol–water partition coefficient (Wildman–Crippen LogP) is 1.99. The van der Waals surface area contributed by atoms with Crippen molar-refractivity contribution in [3.8, 4) is 0 Å². The van der Waals surface area contributed by atoms with E-state index in [4.69, 9.17) is 22.7 Å². The number of amides is 1. The third kappa shape index (κ3) is 5.26. The summed E-state index contributed by atoms with van der Waals surface area (Å²) in [5, 5.41) is 24.1. The second-order valence-corrected chi connectivity index (χ2v) is 6.04. The molecule has 0 heterocycles. The summed E-state index contributed by atoms with van der Waals surface area (Å²) >= 11 is 5.81. The quantitative estimate of drug-likeness (QED) is 0.321. The third-order valence-corrected chi connectivity index (χ3v) is 4.06. The highest BCUT2D eigenvalue weighted by atomic mass is 35.5. The van der Waals surface area contributed by atoms with Crippen molar-refractivity contribution in [1.29, 1.82) is 5.41 Å². The molecule has 0 spiro atoms. The van der Waals surface area contributed by atoms with E-state index < -0.39 is 5.91 Å². The molecular weight excluding hydrogens is 316 g/mol. The Balaban J connectivity index is 1.99. The van der Waals surface area contributed by atoms with Crippen LogP contribution in [0.3, 0.4) is 0 Å². The van der Waals surface area contributed by atoms with Crippen LogP contribution in [0.2, 0.25) is 5.02 Å². The Morgan fingerprint density at radius 3 is 2.43 bits per heavy atom. The lowest BCUT2D eigenvalue weighted by Gasteiger charge is -2.25. The molecule has 0 bridgehead atoms. The second kappa shape index (κ2) is 7.99. The molecule has 1 saturated carbocycles. The third-order valence-electron chi connectivity index (χ3n) is 3.81. The van der Waals surface area contributed by atoms with Gasteiger partial charge in [0.2, 0.25) is 0 Å². The van der Waals surface area contributed by atoms with Crippen molar-refractivity contribution in [3.63, 3.8) is 0 Å². The number of aliphatic hydroxyl groups excluding tert-OH is 1. The van der Waals surface area contributed by atoms with Gasteiger partial charge in [-0.1, -0.05) is 11.6 Å². The zero-order chi connectivity index (χ0) is 16.8.